The molecule has 136 valence electrons. The molecule has 2 bridgehead atoms. The molecule has 4 rings (SSSR count). The molecule has 0 radical (unpaired) electrons. The standard InChI is InChI=1S/C22H23F2NO/c23-18-7-6-16(21(24)13-18)12-22(26)17-10-19-8-9-20(11-17)25(19)14-15-4-2-1-3-5-15/h1-7,13,17,19-20H,8-12,14H2. The summed E-state index contributed by atoms with van der Waals surface area (Å²) >= 11 is 0. The molecule has 2 aromatic rings. The summed E-state index contributed by atoms with van der Waals surface area (Å²) < 4.78 is 26.9. The Morgan fingerprint density at radius 1 is 1.00 bits per heavy atom. The highest BCUT2D eigenvalue weighted by molar-refractivity contribution is 5.83. The molecule has 0 amide bonds. The van der Waals surface area contributed by atoms with Gasteiger partial charge in [0.05, 0.1) is 0 Å². The van der Waals surface area contributed by atoms with Gasteiger partial charge in [0.25, 0.3) is 0 Å². The average Bonchev–Trinajstić information content (AvgIpc) is 2.86. The highest BCUT2D eigenvalue weighted by Crippen LogP contribution is 2.40. The fourth-order valence-electron chi connectivity index (χ4n) is 4.59. The van der Waals surface area contributed by atoms with Crippen LogP contribution in [0.25, 0.3) is 0 Å². The van der Waals surface area contributed by atoms with Gasteiger partial charge in [-0.3, -0.25) is 9.69 Å². The van der Waals surface area contributed by atoms with Crippen molar-refractivity contribution < 1.29 is 13.6 Å². The quantitative estimate of drug-likeness (QED) is 0.786. The average molecular weight is 355 g/mol. The van der Waals surface area contributed by atoms with Gasteiger partial charge in [0.1, 0.15) is 17.4 Å². The molecule has 0 spiro atoms. The summed E-state index contributed by atoms with van der Waals surface area (Å²) in [7, 11) is 0. The van der Waals surface area contributed by atoms with Gasteiger partial charge in [0.2, 0.25) is 0 Å². The summed E-state index contributed by atoms with van der Waals surface area (Å²) in [5, 5.41) is 0. The molecule has 4 heteroatoms. The van der Waals surface area contributed by atoms with Crippen LogP contribution in [0.15, 0.2) is 48.5 Å². The molecule has 0 aliphatic carbocycles. The number of hydrogen-bond acceptors (Lipinski definition) is 2. The molecule has 0 saturated carbocycles. The van der Waals surface area contributed by atoms with Gasteiger partial charge in [-0.2, -0.15) is 0 Å². The Morgan fingerprint density at radius 2 is 1.69 bits per heavy atom. The summed E-state index contributed by atoms with van der Waals surface area (Å²) in [4.78, 5) is 15.2. The van der Waals surface area contributed by atoms with Crippen molar-refractivity contribution in [1.29, 1.82) is 0 Å². The van der Waals surface area contributed by atoms with Crippen LogP contribution in [0.1, 0.15) is 36.8 Å². The van der Waals surface area contributed by atoms with Crippen molar-refractivity contribution in [3.05, 3.63) is 71.3 Å². The molecule has 2 aromatic carbocycles. The van der Waals surface area contributed by atoms with E-state index < -0.39 is 11.6 Å². The van der Waals surface area contributed by atoms with Crippen LogP contribution < -0.4 is 0 Å². The molecule has 2 nitrogen and oxygen atoms in total. The zero-order valence-corrected chi connectivity index (χ0v) is 14.7. The molecule has 2 aliphatic rings. The van der Waals surface area contributed by atoms with E-state index in [1.54, 1.807) is 0 Å². The SMILES string of the molecule is O=C(Cc1ccc(F)cc1F)C1CC2CCC(C1)N2Cc1ccccc1. The maximum Gasteiger partial charge on any atom is 0.140 e. The second-order valence-electron chi connectivity index (χ2n) is 7.59. The fraction of sp³-hybridized carbons (Fsp3) is 0.409. The molecule has 2 unspecified atom stereocenters. The predicted molar refractivity (Wildman–Crippen MR) is 96.6 cm³/mol. The maximum absolute atomic E-state index is 13.8. The first-order chi connectivity index (χ1) is 12.6. The van der Waals surface area contributed by atoms with Gasteiger partial charge in [-0.15, -0.1) is 0 Å². The largest absolute Gasteiger partial charge is 0.299 e. The number of carbonyl (C=O) groups excluding carboxylic acids is 1. The van der Waals surface area contributed by atoms with E-state index in [1.165, 1.54) is 17.7 Å². The van der Waals surface area contributed by atoms with E-state index in [1.807, 2.05) is 6.07 Å². The van der Waals surface area contributed by atoms with Crippen molar-refractivity contribution in [3.63, 3.8) is 0 Å². The van der Waals surface area contributed by atoms with Gasteiger partial charge in [-0.25, -0.2) is 8.78 Å². The Kier molecular flexibility index (Phi) is 4.86. The van der Waals surface area contributed by atoms with Crippen molar-refractivity contribution in [2.24, 2.45) is 5.92 Å². The van der Waals surface area contributed by atoms with Crippen LogP contribution in [-0.4, -0.2) is 22.8 Å². The number of halogens is 2. The number of Topliss-reactive ketones (excluding diaryl/α,β-unsaturated/α-hetero) is 1. The first-order valence-corrected chi connectivity index (χ1v) is 9.36. The van der Waals surface area contributed by atoms with Gasteiger partial charge >= 0.3 is 0 Å². The van der Waals surface area contributed by atoms with Crippen LogP contribution in [-0.2, 0) is 17.8 Å². The van der Waals surface area contributed by atoms with Crippen molar-refractivity contribution in [2.75, 3.05) is 0 Å². The molecular weight excluding hydrogens is 332 g/mol. The fourth-order valence-corrected chi connectivity index (χ4v) is 4.59. The van der Waals surface area contributed by atoms with Crippen LogP contribution >= 0.6 is 0 Å². The normalized spacial score (nSPS) is 25.4. The van der Waals surface area contributed by atoms with E-state index in [0.29, 0.717) is 17.6 Å². The minimum absolute atomic E-state index is 0.0102. The highest BCUT2D eigenvalue weighted by Gasteiger charge is 2.42. The number of benzene rings is 2. The first kappa shape index (κ1) is 17.3. The third-order valence-corrected chi connectivity index (χ3v) is 5.93. The third-order valence-electron chi connectivity index (χ3n) is 5.93. The monoisotopic (exact) mass is 355 g/mol. The van der Waals surface area contributed by atoms with Gasteiger partial charge in [0, 0.05) is 37.0 Å². The molecular formula is C22H23F2NO. The molecule has 0 aromatic heterocycles. The summed E-state index contributed by atoms with van der Waals surface area (Å²) in [6, 6.07) is 14.8. The van der Waals surface area contributed by atoms with E-state index in [4.69, 9.17) is 0 Å². The van der Waals surface area contributed by atoms with Crippen LogP contribution in [0.4, 0.5) is 8.78 Å². The molecule has 2 atom stereocenters. The van der Waals surface area contributed by atoms with E-state index in [9.17, 15) is 13.6 Å². The lowest BCUT2D eigenvalue weighted by atomic mass is 9.85. The summed E-state index contributed by atoms with van der Waals surface area (Å²) in [5.74, 6) is -1.15. The topological polar surface area (TPSA) is 20.3 Å². The molecule has 2 aliphatic heterocycles. The van der Waals surface area contributed by atoms with Crippen molar-refractivity contribution >= 4 is 5.78 Å². The van der Waals surface area contributed by atoms with E-state index in [0.717, 1.165) is 38.3 Å². The number of piperidine rings is 1. The summed E-state index contributed by atoms with van der Waals surface area (Å²) in [6.45, 7) is 0.934. The summed E-state index contributed by atoms with van der Waals surface area (Å²) in [6.07, 6.45) is 4.03. The lowest BCUT2D eigenvalue weighted by molar-refractivity contribution is -0.124. The number of nitrogens with zero attached hydrogens (tertiary/aromatic N) is 1. The minimum atomic E-state index is -0.622. The molecule has 2 saturated heterocycles. The number of rotatable bonds is 5. The molecule has 2 fully saturated rings. The van der Waals surface area contributed by atoms with Crippen LogP contribution in [0.3, 0.4) is 0 Å². The number of carbonyl (C=O) groups is 1. The molecule has 0 N–H and O–H groups in total. The van der Waals surface area contributed by atoms with Crippen molar-refractivity contribution in [3.8, 4) is 0 Å². The van der Waals surface area contributed by atoms with Gasteiger partial charge in [-0.05, 0) is 42.9 Å². The lowest BCUT2D eigenvalue weighted by Gasteiger charge is -2.38. The second-order valence-corrected chi connectivity index (χ2v) is 7.59. The Labute approximate surface area is 152 Å². The first-order valence-electron chi connectivity index (χ1n) is 9.36. The van der Waals surface area contributed by atoms with Gasteiger partial charge in [0.15, 0.2) is 0 Å². The van der Waals surface area contributed by atoms with E-state index in [-0.39, 0.29) is 18.1 Å². The minimum Gasteiger partial charge on any atom is -0.299 e. The Hall–Kier alpha value is -2.07. The van der Waals surface area contributed by atoms with Crippen LogP contribution in [0.5, 0.6) is 0 Å². The van der Waals surface area contributed by atoms with Crippen LogP contribution in [0, 0.1) is 17.6 Å². The van der Waals surface area contributed by atoms with E-state index in [2.05, 4.69) is 29.2 Å². The molecule has 2 heterocycles. The van der Waals surface area contributed by atoms with Gasteiger partial charge in [-0.1, -0.05) is 36.4 Å². The predicted octanol–water partition coefficient (Wildman–Crippen LogP) is 4.52. The van der Waals surface area contributed by atoms with Crippen molar-refractivity contribution in [1.82, 2.24) is 4.90 Å². The smallest absolute Gasteiger partial charge is 0.140 e. The van der Waals surface area contributed by atoms with Gasteiger partial charge < -0.3 is 0 Å². The van der Waals surface area contributed by atoms with Crippen molar-refractivity contribution in [2.45, 2.75) is 50.7 Å². The maximum atomic E-state index is 13.8. The van der Waals surface area contributed by atoms with Crippen LogP contribution in [0.2, 0.25) is 0 Å². The Balaban J connectivity index is 1.41. The highest BCUT2D eigenvalue weighted by atomic mass is 19.1. The Bertz CT molecular complexity index is 778. The number of fused-ring (bicyclic) bond motifs is 2. The van der Waals surface area contributed by atoms with E-state index >= 15 is 0 Å². The Morgan fingerprint density at radius 3 is 2.35 bits per heavy atom. The summed E-state index contributed by atoms with van der Waals surface area (Å²) in [5.41, 5.74) is 1.61. The lowest BCUT2D eigenvalue weighted by Crippen LogP contribution is -2.44. The third kappa shape index (κ3) is 3.56. The zero-order chi connectivity index (χ0) is 18.1. The second kappa shape index (κ2) is 7.28. The molecule has 26 heavy (non-hydrogen) atoms. The zero-order valence-electron chi connectivity index (χ0n) is 14.7. The number of ketones is 1. The number of hydrogen-bond donors (Lipinski definition) is 0.